The summed E-state index contributed by atoms with van der Waals surface area (Å²) in [5, 5.41) is 0. The Labute approximate surface area is 116 Å². The molecule has 1 aliphatic heterocycles. The molecule has 0 bridgehead atoms. The minimum absolute atomic E-state index is 0.240. The van der Waals surface area contributed by atoms with Crippen LogP contribution in [-0.4, -0.2) is 30.6 Å². The van der Waals surface area contributed by atoms with E-state index in [1.807, 2.05) is 0 Å². The molecule has 2 unspecified atom stereocenters. The lowest BCUT2D eigenvalue weighted by atomic mass is 9.89. The van der Waals surface area contributed by atoms with Crippen LogP contribution < -0.4 is 5.73 Å². The van der Waals surface area contributed by atoms with Crippen LogP contribution in [0.15, 0.2) is 24.3 Å². The molecule has 2 atom stereocenters. The molecule has 19 heavy (non-hydrogen) atoms. The molecule has 106 valence electrons. The van der Waals surface area contributed by atoms with Crippen molar-refractivity contribution >= 4 is 0 Å². The van der Waals surface area contributed by atoms with Crippen molar-refractivity contribution in [1.29, 1.82) is 0 Å². The van der Waals surface area contributed by atoms with Gasteiger partial charge in [-0.1, -0.05) is 24.3 Å². The molecular weight excluding hydrogens is 236 g/mol. The fourth-order valence-corrected chi connectivity index (χ4v) is 3.05. The van der Waals surface area contributed by atoms with E-state index in [4.69, 9.17) is 10.5 Å². The normalized spacial score (nSPS) is 24.9. The second kappa shape index (κ2) is 6.51. The van der Waals surface area contributed by atoms with Gasteiger partial charge in [-0.15, -0.1) is 0 Å². The molecular formula is C16H26N2O. The van der Waals surface area contributed by atoms with Crippen molar-refractivity contribution in [3.8, 4) is 0 Å². The second-order valence-corrected chi connectivity index (χ2v) is 5.76. The molecule has 3 nitrogen and oxygen atoms in total. The highest BCUT2D eigenvalue weighted by molar-refractivity contribution is 5.26. The van der Waals surface area contributed by atoms with Gasteiger partial charge in [0.05, 0.1) is 12.6 Å². The van der Waals surface area contributed by atoms with Crippen LogP contribution >= 0.6 is 0 Å². The van der Waals surface area contributed by atoms with Gasteiger partial charge in [0.25, 0.3) is 0 Å². The first-order chi connectivity index (χ1) is 9.13. The summed E-state index contributed by atoms with van der Waals surface area (Å²) in [6, 6.07) is 9.85. The first-order valence-electron chi connectivity index (χ1n) is 7.22. The summed E-state index contributed by atoms with van der Waals surface area (Å²) in [6.45, 7) is 6.33. The molecule has 2 N–H and O–H groups in total. The first-order valence-corrected chi connectivity index (χ1v) is 7.22. The lowest BCUT2D eigenvalue weighted by Crippen LogP contribution is -2.48. The Morgan fingerprint density at radius 2 is 2.00 bits per heavy atom. The number of hydrogen-bond donors (Lipinski definition) is 1. The van der Waals surface area contributed by atoms with Gasteiger partial charge in [0.2, 0.25) is 0 Å². The zero-order chi connectivity index (χ0) is 13.8. The molecule has 0 saturated carbocycles. The summed E-state index contributed by atoms with van der Waals surface area (Å²) in [4.78, 5) is 2.53. The van der Waals surface area contributed by atoms with Crippen LogP contribution in [0.5, 0.6) is 0 Å². The SMILES string of the molecule is COCc1ccc(C2C(N)CCCN2C(C)C)cc1. The van der Waals surface area contributed by atoms with Crippen molar-refractivity contribution in [2.24, 2.45) is 5.73 Å². The molecule has 1 heterocycles. The second-order valence-electron chi connectivity index (χ2n) is 5.76. The van der Waals surface area contributed by atoms with Gasteiger partial charge in [0.1, 0.15) is 0 Å². The third-order valence-electron chi connectivity index (χ3n) is 4.01. The van der Waals surface area contributed by atoms with E-state index in [1.54, 1.807) is 7.11 Å². The number of piperidine rings is 1. The van der Waals surface area contributed by atoms with Crippen LogP contribution in [-0.2, 0) is 11.3 Å². The first kappa shape index (κ1) is 14.5. The summed E-state index contributed by atoms with van der Waals surface area (Å²) in [7, 11) is 1.73. The van der Waals surface area contributed by atoms with Gasteiger partial charge in [-0.2, -0.15) is 0 Å². The van der Waals surface area contributed by atoms with Crippen molar-refractivity contribution < 1.29 is 4.74 Å². The number of benzene rings is 1. The fourth-order valence-electron chi connectivity index (χ4n) is 3.05. The number of methoxy groups -OCH3 is 1. The zero-order valence-electron chi connectivity index (χ0n) is 12.3. The zero-order valence-corrected chi connectivity index (χ0v) is 12.3. The third-order valence-corrected chi connectivity index (χ3v) is 4.01. The number of rotatable bonds is 4. The number of ether oxygens (including phenoxy) is 1. The molecule has 0 aromatic heterocycles. The Morgan fingerprint density at radius 1 is 1.32 bits per heavy atom. The maximum atomic E-state index is 6.37. The van der Waals surface area contributed by atoms with Crippen molar-refractivity contribution in [3.05, 3.63) is 35.4 Å². The molecule has 0 aliphatic carbocycles. The summed E-state index contributed by atoms with van der Waals surface area (Å²) in [5.41, 5.74) is 8.92. The maximum absolute atomic E-state index is 6.37. The Bertz CT molecular complexity index is 388. The van der Waals surface area contributed by atoms with E-state index in [0.29, 0.717) is 18.7 Å². The van der Waals surface area contributed by atoms with Gasteiger partial charge in [-0.3, -0.25) is 4.90 Å². The van der Waals surface area contributed by atoms with E-state index in [2.05, 4.69) is 43.0 Å². The maximum Gasteiger partial charge on any atom is 0.0713 e. The van der Waals surface area contributed by atoms with E-state index < -0.39 is 0 Å². The topological polar surface area (TPSA) is 38.5 Å². The summed E-state index contributed by atoms with van der Waals surface area (Å²) in [6.07, 6.45) is 2.32. The Hall–Kier alpha value is -0.900. The smallest absolute Gasteiger partial charge is 0.0713 e. The highest BCUT2D eigenvalue weighted by atomic mass is 16.5. The third kappa shape index (κ3) is 3.35. The van der Waals surface area contributed by atoms with Crippen LogP contribution in [0.2, 0.25) is 0 Å². The number of hydrogen-bond acceptors (Lipinski definition) is 3. The fraction of sp³-hybridized carbons (Fsp3) is 0.625. The molecule has 1 aromatic rings. The number of likely N-dealkylation sites (tertiary alicyclic amines) is 1. The van der Waals surface area contributed by atoms with E-state index >= 15 is 0 Å². The molecule has 1 aliphatic rings. The predicted molar refractivity (Wildman–Crippen MR) is 78.9 cm³/mol. The molecule has 0 amide bonds. The van der Waals surface area contributed by atoms with Crippen LogP contribution in [0, 0.1) is 0 Å². The molecule has 0 spiro atoms. The van der Waals surface area contributed by atoms with Crippen LogP contribution in [0.3, 0.4) is 0 Å². The number of nitrogens with two attached hydrogens (primary N) is 1. The van der Waals surface area contributed by atoms with Gasteiger partial charge < -0.3 is 10.5 Å². The highest BCUT2D eigenvalue weighted by Gasteiger charge is 2.31. The summed E-state index contributed by atoms with van der Waals surface area (Å²) in [5.74, 6) is 0. The average molecular weight is 262 g/mol. The van der Waals surface area contributed by atoms with Crippen molar-refractivity contribution in [2.45, 2.75) is 51.4 Å². The van der Waals surface area contributed by atoms with Crippen molar-refractivity contribution in [3.63, 3.8) is 0 Å². The Balaban J connectivity index is 2.20. The van der Waals surface area contributed by atoms with Crippen molar-refractivity contribution in [2.75, 3.05) is 13.7 Å². The predicted octanol–water partition coefficient (Wildman–Crippen LogP) is 2.71. The van der Waals surface area contributed by atoms with Gasteiger partial charge in [-0.25, -0.2) is 0 Å². The largest absolute Gasteiger partial charge is 0.380 e. The Morgan fingerprint density at radius 3 is 2.58 bits per heavy atom. The minimum Gasteiger partial charge on any atom is -0.380 e. The number of nitrogens with zero attached hydrogens (tertiary/aromatic N) is 1. The van der Waals surface area contributed by atoms with Crippen LogP contribution in [0.1, 0.15) is 43.9 Å². The van der Waals surface area contributed by atoms with Gasteiger partial charge in [0.15, 0.2) is 0 Å². The van der Waals surface area contributed by atoms with Crippen LogP contribution in [0.25, 0.3) is 0 Å². The van der Waals surface area contributed by atoms with Crippen LogP contribution in [0.4, 0.5) is 0 Å². The van der Waals surface area contributed by atoms with E-state index in [-0.39, 0.29) is 6.04 Å². The molecule has 2 rings (SSSR count). The Kier molecular flexibility index (Phi) is 4.97. The summed E-state index contributed by atoms with van der Waals surface area (Å²) >= 11 is 0. The molecule has 3 heteroatoms. The molecule has 1 fully saturated rings. The van der Waals surface area contributed by atoms with Gasteiger partial charge in [-0.05, 0) is 44.4 Å². The highest BCUT2D eigenvalue weighted by Crippen LogP contribution is 2.31. The van der Waals surface area contributed by atoms with Gasteiger partial charge in [0, 0.05) is 19.2 Å². The van der Waals surface area contributed by atoms with E-state index in [0.717, 1.165) is 13.0 Å². The molecule has 0 radical (unpaired) electrons. The molecule has 1 saturated heterocycles. The van der Waals surface area contributed by atoms with E-state index in [9.17, 15) is 0 Å². The molecule has 1 aromatic carbocycles. The monoisotopic (exact) mass is 262 g/mol. The lowest BCUT2D eigenvalue weighted by Gasteiger charge is -2.42. The van der Waals surface area contributed by atoms with Crippen molar-refractivity contribution in [1.82, 2.24) is 4.90 Å². The summed E-state index contributed by atoms with van der Waals surface area (Å²) < 4.78 is 5.16. The average Bonchev–Trinajstić information content (AvgIpc) is 2.40. The standard InChI is InChI=1S/C16H26N2O/c1-12(2)18-10-4-5-15(17)16(18)14-8-6-13(7-9-14)11-19-3/h6-9,12,15-16H,4-5,10-11,17H2,1-3H3. The minimum atomic E-state index is 0.240. The quantitative estimate of drug-likeness (QED) is 0.906. The van der Waals surface area contributed by atoms with Gasteiger partial charge >= 0.3 is 0 Å². The van der Waals surface area contributed by atoms with E-state index in [1.165, 1.54) is 17.5 Å². The lowest BCUT2D eigenvalue weighted by molar-refractivity contribution is 0.0946.